The van der Waals surface area contributed by atoms with Crippen molar-refractivity contribution in [2.24, 2.45) is 0 Å². The second-order valence-corrected chi connectivity index (χ2v) is 4.29. The monoisotopic (exact) mass is 264 g/mol. The predicted molar refractivity (Wildman–Crippen MR) is 70.4 cm³/mol. The topological polar surface area (TPSA) is 73.8 Å². The Morgan fingerprint density at radius 2 is 2.06 bits per heavy atom. The van der Waals surface area contributed by atoms with Crippen LogP contribution < -0.4 is 5.73 Å². The van der Waals surface area contributed by atoms with Crippen LogP contribution in [0.2, 0.25) is 5.02 Å². The van der Waals surface area contributed by atoms with Gasteiger partial charge in [-0.05, 0) is 30.7 Å². The third kappa shape index (κ3) is 2.51. The van der Waals surface area contributed by atoms with E-state index in [9.17, 15) is 4.79 Å². The van der Waals surface area contributed by atoms with Crippen LogP contribution in [0.4, 0.5) is 5.95 Å². The van der Waals surface area contributed by atoms with Crippen LogP contribution in [0, 0.1) is 0 Å². The molecule has 5 nitrogen and oxygen atoms in total. The van der Waals surface area contributed by atoms with Crippen LogP contribution in [0.5, 0.6) is 0 Å². The van der Waals surface area contributed by atoms with Gasteiger partial charge in [-0.1, -0.05) is 18.5 Å². The Morgan fingerprint density at radius 3 is 2.67 bits per heavy atom. The Balaban J connectivity index is 2.34. The molecular formula is C12H13ClN4O. The van der Waals surface area contributed by atoms with Gasteiger partial charge < -0.3 is 5.73 Å². The largest absolute Gasteiger partial charge is 0.368 e. The van der Waals surface area contributed by atoms with Crippen LogP contribution in [-0.4, -0.2) is 20.7 Å². The first-order valence-corrected chi connectivity index (χ1v) is 6.01. The first kappa shape index (κ1) is 12.6. The summed E-state index contributed by atoms with van der Waals surface area (Å²) in [5, 5.41) is 4.75. The molecule has 1 aromatic heterocycles. The Kier molecular flexibility index (Phi) is 3.62. The zero-order chi connectivity index (χ0) is 13.1. The molecule has 0 fully saturated rings. The van der Waals surface area contributed by atoms with Crippen molar-refractivity contribution in [2.45, 2.75) is 19.8 Å². The summed E-state index contributed by atoms with van der Waals surface area (Å²) in [4.78, 5) is 15.8. The van der Waals surface area contributed by atoms with Crippen molar-refractivity contribution in [1.29, 1.82) is 0 Å². The number of carbonyl (C=O) groups excluding carboxylic acids is 1. The van der Waals surface area contributed by atoms with Gasteiger partial charge in [-0.2, -0.15) is 9.67 Å². The Labute approximate surface area is 110 Å². The maximum absolute atomic E-state index is 11.7. The zero-order valence-corrected chi connectivity index (χ0v) is 10.7. The third-order valence-electron chi connectivity index (χ3n) is 2.43. The number of anilines is 1. The molecule has 0 aliphatic carbocycles. The van der Waals surface area contributed by atoms with Gasteiger partial charge in [0, 0.05) is 17.0 Å². The number of carbonyl (C=O) groups is 1. The van der Waals surface area contributed by atoms with E-state index in [1.165, 1.54) is 0 Å². The molecule has 0 spiro atoms. The van der Waals surface area contributed by atoms with Gasteiger partial charge in [0.05, 0.1) is 0 Å². The van der Waals surface area contributed by atoms with E-state index in [2.05, 4.69) is 10.1 Å². The van der Waals surface area contributed by atoms with E-state index in [-0.39, 0.29) is 11.9 Å². The van der Waals surface area contributed by atoms with Crippen LogP contribution in [0.1, 0.15) is 24.6 Å². The maximum atomic E-state index is 11.7. The molecule has 0 aliphatic rings. The highest BCUT2D eigenvalue weighted by Gasteiger charge is 2.14. The van der Waals surface area contributed by atoms with Crippen molar-refractivity contribution in [3.8, 4) is 11.4 Å². The standard InChI is InChI=1S/C12H13ClN4O/c1-2-3-10(18)17-12(14)15-11(16-17)8-4-6-9(13)7-5-8/h4-7H,2-3H2,1H3,(H2,14,15,16). The molecule has 2 N–H and O–H groups in total. The third-order valence-corrected chi connectivity index (χ3v) is 2.69. The smallest absolute Gasteiger partial charge is 0.250 e. The number of nitrogens with zero attached hydrogens (tertiary/aromatic N) is 3. The molecule has 94 valence electrons. The summed E-state index contributed by atoms with van der Waals surface area (Å²) in [5.74, 6) is 0.384. The average molecular weight is 265 g/mol. The summed E-state index contributed by atoms with van der Waals surface area (Å²) in [6, 6.07) is 7.04. The van der Waals surface area contributed by atoms with E-state index >= 15 is 0 Å². The van der Waals surface area contributed by atoms with Crippen molar-refractivity contribution in [2.75, 3.05) is 5.73 Å². The first-order chi connectivity index (χ1) is 8.61. The molecule has 0 amide bonds. The molecule has 1 aromatic carbocycles. The van der Waals surface area contributed by atoms with Gasteiger partial charge in [-0.3, -0.25) is 4.79 Å². The second-order valence-electron chi connectivity index (χ2n) is 3.86. The summed E-state index contributed by atoms with van der Waals surface area (Å²) in [5.41, 5.74) is 6.45. The SMILES string of the molecule is CCCC(=O)n1nc(-c2ccc(Cl)cc2)nc1N. The lowest BCUT2D eigenvalue weighted by atomic mass is 10.2. The molecule has 0 saturated carbocycles. The van der Waals surface area contributed by atoms with Gasteiger partial charge in [0.2, 0.25) is 11.9 Å². The summed E-state index contributed by atoms with van der Waals surface area (Å²) in [6.07, 6.45) is 1.14. The highest BCUT2D eigenvalue weighted by molar-refractivity contribution is 6.30. The van der Waals surface area contributed by atoms with Crippen molar-refractivity contribution in [3.63, 3.8) is 0 Å². The van der Waals surface area contributed by atoms with Crippen LogP contribution in [0.3, 0.4) is 0 Å². The molecule has 2 aromatic rings. The molecule has 0 radical (unpaired) electrons. The van der Waals surface area contributed by atoms with Crippen LogP contribution in [0.25, 0.3) is 11.4 Å². The van der Waals surface area contributed by atoms with Gasteiger partial charge in [0.25, 0.3) is 0 Å². The number of hydrogen-bond donors (Lipinski definition) is 1. The number of benzene rings is 1. The van der Waals surface area contributed by atoms with E-state index in [0.29, 0.717) is 17.3 Å². The Bertz CT molecular complexity index is 562. The number of nitrogens with two attached hydrogens (primary N) is 1. The summed E-state index contributed by atoms with van der Waals surface area (Å²) < 4.78 is 1.15. The van der Waals surface area contributed by atoms with E-state index < -0.39 is 0 Å². The number of rotatable bonds is 3. The van der Waals surface area contributed by atoms with Gasteiger partial charge in [0.15, 0.2) is 5.82 Å². The highest BCUT2D eigenvalue weighted by atomic mass is 35.5. The molecule has 18 heavy (non-hydrogen) atoms. The lowest BCUT2D eigenvalue weighted by Gasteiger charge is -1.98. The van der Waals surface area contributed by atoms with Crippen LogP contribution in [-0.2, 0) is 0 Å². The molecule has 0 saturated heterocycles. The van der Waals surface area contributed by atoms with Gasteiger partial charge in [-0.15, -0.1) is 5.10 Å². The van der Waals surface area contributed by atoms with Gasteiger partial charge in [-0.25, -0.2) is 0 Å². The first-order valence-electron chi connectivity index (χ1n) is 5.63. The van der Waals surface area contributed by atoms with E-state index in [1.54, 1.807) is 24.3 Å². The van der Waals surface area contributed by atoms with Gasteiger partial charge >= 0.3 is 0 Å². The van der Waals surface area contributed by atoms with Crippen molar-refractivity contribution in [1.82, 2.24) is 14.8 Å². The summed E-state index contributed by atoms with van der Waals surface area (Å²) in [6.45, 7) is 1.92. The minimum atomic E-state index is -0.150. The Morgan fingerprint density at radius 1 is 1.39 bits per heavy atom. The van der Waals surface area contributed by atoms with Crippen molar-refractivity contribution < 1.29 is 4.79 Å². The van der Waals surface area contributed by atoms with Crippen LogP contribution >= 0.6 is 11.6 Å². The minimum absolute atomic E-state index is 0.110. The average Bonchev–Trinajstić information content (AvgIpc) is 2.72. The molecule has 0 unspecified atom stereocenters. The second kappa shape index (κ2) is 5.18. The molecule has 0 atom stereocenters. The molecule has 6 heteroatoms. The van der Waals surface area contributed by atoms with Gasteiger partial charge in [0.1, 0.15) is 0 Å². The van der Waals surface area contributed by atoms with E-state index in [0.717, 1.165) is 16.7 Å². The predicted octanol–water partition coefficient (Wildman–Crippen LogP) is 2.62. The van der Waals surface area contributed by atoms with Crippen molar-refractivity contribution >= 4 is 23.5 Å². The van der Waals surface area contributed by atoms with Crippen LogP contribution in [0.15, 0.2) is 24.3 Å². The fourth-order valence-electron chi connectivity index (χ4n) is 1.55. The summed E-state index contributed by atoms with van der Waals surface area (Å²) in [7, 11) is 0. The number of halogens is 1. The summed E-state index contributed by atoms with van der Waals surface area (Å²) >= 11 is 5.80. The maximum Gasteiger partial charge on any atom is 0.250 e. The molecular weight excluding hydrogens is 252 g/mol. The molecule has 0 aliphatic heterocycles. The Hall–Kier alpha value is -1.88. The fourth-order valence-corrected chi connectivity index (χ4v) is 1.67. The number of aromatic nitrogens is 3. The molecule has 0 bridgehead atoms. The molecule has 1 heterocycles. The number of nitrogen functional groups attached to an aromatic ring is 1. The van der Waals surface area contributed by atoms with E-state index in [4.69, 9.17) is 17.3 Å². The quantitative estimate of drug-likeness (QED) is 0.925. The number of hydrogen-bond acceptors (Lipinski definition) is 4. The normalized spacial score (nSPS) is 10.6. The van der Waals surface area contributed by atoms with E-state index in [1.807, 2.05) is 6.92 Å². The highest BCUT2D eigenvalue weighted by Crippen LogP contribution is 2.19. The zero-order valence-electron chi connectivity index (χ0n) is 9.93. The van der Waals surface area contributed by atoms with Crippen molar-refractivity contribution in [3.05, 3.63) is 29.3 Å². The lowest BCUT2D eigenvalue weighted by Crippen LogP contribution is -2.14. The lowest BCUT2D eigenvalue weighted by molar-refractivity contribution is 0.0889. The molecule has 2 rings (SSSR count). The minimum Gasteiger partial charge on any atom is -0.368 e. The fraction of sp³-hybridized carbons (Fsp3) is 0.250.